The van der Waals surface area contributed by atoms with Crippen LogP contribution in [0.2, 0.25) is 0 Å². The maximum Gasteiger partial charge on any atom is 0.144 e. The van der Waals surface area contributed by atoms with Crippen LogP contribution >= 0.6 is 0 Å². The Hall–Kier alpha value is -0.480. The van der Waals surface area contributed by atoms with Crippen molar-refractivity contribution in [3.05, 3.63) is 0 Å². The lowest BCUT2D eigenvalue weighted by Gasteiger charge is -1.87. The van der Waals surface area contributed by atoms with Gasteiger partial charge in [-0.1, -0.05) is 25.7 Å². The van der Waals surface area contributed by atoms with Gasteiger partial charge < -0.3 is 4.74 Å². The van der Waals surface area contributed by atoms with Crippen molar-refractivity contribution in [2.45, 2.75) is 38.4 Å². The van der Waals surface area contributed by atoms with Gasteiger partial charge in [0.2, 0.25) is 0 Å². The van der Waals surface area contributed by atoms with E-state index in [-0.39, 0.29) is 6.10 Å². The average Bonchev–Trinajstić information content (AvgIpc) is 2.62. The third-order valence-corrected chi connectivity index (χ3v) is 1.59. The highest BCUT2D eigenvalue weighted by molar-refractivity contribution is 5.07. The van der Waals surface area contributed by atoms with E-state index < -0.39 is 0 Å². The molecule has 0 aromatic rings. The fourth-order valence-corrected chi connectivity index (χ4v) is 0.914. The molecule has 1 nitrogen and oxygen atoms in total. The highest BCUT2D eigenvalue weighted by atomic mass is 16.6. The van der Waals surface area contributed by atoms with Crippen LogP contribution in [0.3, 0.4) is 0 Å². The second kappa shape index (κ2) is 2.89. The van der Waals surface area contributed by atoms with E-state index in [9.17, 15) is 0 Å². The summed E-state index contributed by atoms with van der Waals surface area (Å²) in [6.45, 7) is 2.17. The Kier molecular flexibility index (Phi) is 2.13. The van der Waals surface area contributed by atoms with Gasteiger partial charge in [-0.2, -0.15) is 0 Å². The van der Waals surface area contributed by atoms with Gasteiger partial charge >= 0.3 is 0 Å². The Balaban J connectivity index is 2.00. The lowest BCUT2D eigenvalue weighted by atomic mass is 10.2. The summed E-state index contributed by atoms with van der Waals surface area (Å²) in [5, 5.41) is 0. The van der Waals surface area contributed by atoms with Crippen LogP contribution in [0.25, 0.3) is 0 Å². The third-order valence-electron chi connectivity index (χ3n) is 1.59. The molecule has 0 spiro atoms. The van der Waals surface area contributed by atoms with Gasteiger partial charge in [0.25, 0.3) is 0 Å². The first-order valence-corrected chi connectivity index (χ1v) is 3.50. The maximum atomic E-state index is 5.13. The highest BCUT2D eigenvalue weighted by Gasteiger charge is 2.35. The molecule has 0 radical (unpaired) electrons. The van der Waals surface area contributed by atoms with Crippen molar-refractivity contribution >= 4 is 0 Å². The molecule has 2 atom stereocenters. The predicted octanol–water partition coefficient (Wildman–Crippen LogP) is 1.58. The fourth-order valence-electron chi connectivity index (χ4n) is 0.914. The van der Waals surface area contributed by atoms with Gasteiger partial charge in [-0.25, -0.2) is 0 Å². The number of unbranched alkanes of at least 4 members (excludes halogenated alkanes) is 1. The van der Waals surface area contributed by atoms with Gasteiger partial charge in [0, 0.05) is 0 Å². The summed E-state index contributed by atoms with van der Waals surface area (Å²) in [7, 11) is 0. The average molecular weight is 124 g/mol. The largest absolute Gasteiger partial charge is 0.356 e. The first kappa shape index (κ1) is 6.64. The van der Waals surface area contributed by atoms with Gasteiger partial charge in [0.15, 0.2) is 0 Å². The summed E-state index contributed by atoms with van der Waals surface area (Å²) in [6, 6.07) is 0. The summed E-state index contributed by atoms with van der Waals surface area (Å²) < 4.78 is 5.13. The zero-order valence-corrected chi connectivity index (χ0v) is 5.76. The normalized spacial score (nSPS) is 31.6. The predicted molar refractivity (Wildman–Crippen MR) is 37.0 cm³/mol. The molecule has 1 fully saturated rings. The lowest BCUT2D eigenvalue weighted by molar-refractivity contribution is 0.377. The molecule has 9 heavy (non-hydrogen) atoms. The number of terminal acetylenes is 1. The molecule has 1 aliphatic heterocycles. The minimum absolute atomic E-state index is 0.150. The van der Waals surface area contributed by atoms with Gasteiger partial charge in [-0.05, 0) is 6.42 Å². The van der Waals surface area contributed by atoms with Crippen molar-refractivity contribution in [2.24, 2.45) is 0 Å². The summed E-state index contributed by atoms with van der Waals surface area (Å²) >= 11 is 0. The molecule has 0 aromatic carbocycles. The summed E-state index contributed by atoms with van der Waals surface area (Å²) in [5.74, 6) is 2.58. The Morgan fingerprint density at radius 3 is 2.89 bits per heavy atom. The fraction of sp³-hybridized carbons (Fsp3) is 0.750. The lowest BCUT2D eigenvalue weighted by Crippen LogP contribution is -1.89. The minimum atomic E-state index is 0.150. The molecule has 0 saturated carbocycles. The molecule has 0 unspecified atom stereocenters. The van der Waals surface area contributed by atoms with Crippen LogP contribution in [-0.2, 0) is 4.74 Å². The number of hydrogen-bond donors (Lipinski definition) is 0. The van der Waals surface area contributed by atoms with Crippen molar-refractivity contribution < 1.29 is 4.74 Å². The van der Waals surface area contributed by atoms with Crippen molar-refractivity contribution in [1.29, 1.82) is 0 Å². The molecule has 0 bridgehead atoms. The van der Waals surface area contributed by atoms with Crippen molar-refractivity contribution in [1.82, 2.24) is 0 Å². The monoisotopic (exact) mass is 124 g/mol. The van der Waals surface area contributed by atoms with Gasteiger partial charge in [-0.15, -0.1) is 6.42 Å². The summed E-state index contributed by atoms with van der Waals surface area (Å²) in [6.07, 6.45) is 9.29. The van der Waals surface area contributed by atoms with E-state index >= 15 is 0 Å². The summed E-state index contributed by atoms with van der Waals surface area (Å²) in [5.41, 5.74) is 0. The Bertz CT molecular complexity index is 123. The van der Waals surface area contributed by atoms with Crippen LogP contribution in [0.15, 0.2) is 0 Å². The van der Waals surface area contributed by atoms with E-state index in [2.05, 4.69) is 12.8 Å². The first-order valence-electron chi connectivity index (χ1n) is 3.50. The molecular formula is C8H12O. The smallest absolute Gasteiger partial charge is 0.144 e. The van der Waals surface area contributed by atoms with E-state index in [1.807, 2.05) is 0 Å². The second-order valence-corrected chi connectivity index (χ2v) is 2.40. The van der Waals surface area contributed by atoms with Crippen molar-refractivity contribution in [3.63, 3.8) is 0 Å². The molecule has 0 amide bonds. The van der Waals surface area contributed by atoms with Gasteiger partial charge in [-0.3, -0.25) is 0 Å². The zero-order chi connectivity index (χ0) is 6.69. The van der Waals surface area contributed by atoms with E-state index in [1.165, 1.54) is 12.8 Å². The van der Waals surface area contributed by atoms with E-state index in [1.54, 1.807) is 0 Å². The molecule has 1 heterocycles. The Labute approximate surface area is 56.4 Å². The molecule has 1 saturated heterocycles. The molecule has 1 aliphatic rings. The Morgan fingerprint density at radius 1 is 1.67 bits per heavy atom. The van der Waals surface area contributed by atoms with Crippen molar-refractivity contribution in [3.8, 4) is 12.3 Å². The number of hydrogen-bond acceptors (Lipinski definition) is 1. The molecule has 0 N–H and O–H groups in total. The quantitative estimate of drug-likeness (QED) is 0.411. The summed E-state index contributed by atoms with van der Waals surface area (Å²) in [4.78, 5) is 0. The van der Waals surface area contributed by atoms with E-state index in [0.717, 1.165) is 6.42 Å². The van der Waals surface area contributed by atoms with Gasteiger partial charge in [0.05, 0.1) is 6.10 Å². The van der Waals surface area contributed by atoms with Crippen LogP contribution in [0.5, 0.6) is 0 Å². The van der Waals surface area contributed by atoms with Crippen LogP contribution in [-0.4, -0.2) is 12.2 Å². The molecule has 0 aliphatic carbocycles. The third kappa shape index (κ3) is 1.73. The number of epoxide rings is 1. The van der Waals surface area contributed by atoms with E-state index in [0.29, 0.717) is 6.10 Å². The molecule has 1 heteroatoms. The van der Waals surface area contributed by atoms with Gasteiger partial charge in [0.1, 0.15) is 6.10 Å². The first-order chi connectivity index (χ1) is 4.38. The van der Waals surface area contributed by atoms with Crippen LogP contribution in [0, 0.1) is 12.3 Å². The molecule has 0 aromatic heterocycles. The SMILES string of the molecule is C#C[C@H]1O[C@H]1CCCC. The van der Waals surface area contributed by atoms with Crippen LogP contribution in [0.1, 0.15) is 26.2 Å². The second-order valence-electron chi connectivity index (χ2n) is 2.40. The number of ether oxygens (including phenoxy) is 1. The molecular weight excluding hydrogens is 112 g/mol. The van der Waals surface area contributed by atoms with Crippen molar-refractivity contribution in [2.75, 3.05) is 0 Å². The molecule has 1 rings (SSSR count). The zero-order valence-electron chi connectivity index (χ0n) is 5.76. The maximum absolute atomic E-state index is 5.13. The standard InChI is InChI=1S/C8H12O/c1-3-5-6-8-7(4-2)9-8/h2,7-8H,3,5-6H2,1H3/t7-,8+/m1/s1. The minimum Gasteiger partial charge on any atom is -0.356 e. The topological polar surface area (TPSA) is 12.5 Å². The van der Waals surface area contributed by atoms with Crippen LogP contribution < -0.4 is 0 Å². The van der Waals surface area contributed by atoms with Crippen LogP contribution in [0.4, 0.5) is 0 Å². The number of rotatable bonds is 3. The molecule has 50 valence electrons. The highest BCUT2D eigenvalue weighted by Crippen LogP contribution is 2.25. The Morgan fingerprint density at radius 2 is 2.44 bits per heavy atom. The van der Waals surface area contributed by atoms with E-state index in [4.69, 9.17) is 11.2 Å².